The molecule has 2 rings (SSSR count). The maximum atomic E-state index is 11.3. The van der Waals surface area contributed by atoms with E-state index >= 15 is 0 Å². The predicted octanol–water partition coefficient (Wildman–Crippen LogP) is 2.82. The smallest absolute Gasteiger partial charge is 0.267 e. The first kappa shape index (κ1) is 11.4. The second-order valence-corrected chi connectivity index (χ2v) is 4.96. The Balaban J connectivity index is 2.11. The number of benzene rings is 1. The van der Waals surface area contributed by atoms with Gasteiger partial charge in [-0.15, -0.1) is 11.8 Å². The van der Waals surface area contributed by atoms with Crippen LogP contribution in [0.4, 0.5) is 0 Å². The quantitative estimate of drug-likeness (QED) is 0.886. The Morgan fingerprint density at radius 1 is 1.31 bits per heavy atom. The highest BCUT2D eigenvalue weighted by atomic mass is 79.9. The van der Waals surface area contributed by atoms with Gasteiger partial charge in [0.05, 0.1) is 10.7 Å². The van der Waals surface area contributed by atoms with Crippen LogP contribution in [0.2, 0.25) is 0 Å². The first-order valence-corrected chi connectivity index (χ1v) is 6.45. The molecule has 1 heterocycles. The fourth-order valence-electron chi connectivity index (χ4n) is 1.20. The molecular formula is C11H9BrN2OS. The molecule has 1 aromatic heterocycles. The van der Waals surface area contributed by atoms with Gasteiger partial charge in [-0.05, 0) is 21.5 Å². The summed E-state index contributed by atoms with van der Waals surface area (Å²) in [6, 6.07) is 10.1. The van der Waals surface area contributed by atoms with E-state index in [1.807, 2.05) is 18.2 Å². The summed E-state index contributed by atoms with van der Waals surface area (Å²) in [5, 5.41) is 6.14. The summed E-state index contributed by atoms with van der Waals surface area (Å²) in [7, 11) is 0. The van der Waals surface area contributed by atoms with E-state index < -0.39 is 0 Å². The topological polar surface area (TPSA) is 45.8 Å². The van der Waals surface area contributed by atoms with E-state index in [0.717, 1.165) is 10.6 Å². The number of hydrogen-bond acceptors (Lipinski definition) is 3. The molecule has 0 aliphatic carbocycles. The molecule has 0 radical (unpaired) electrons. The summed E-state index contributed by atoms with van der Waals surface area (Å²) in [6.07, 6.45) is 1.65. The van der Waals surface area contributed by atoms with Crippen molar-refractivity contribution in [2.24, 2.45) is 0 Å². The molecule has 3 nitrogen and oxygen atoms in total. The van der Waals surface area contributed by atoms with Crippen LogP contribution in [0.25, 0.3) is 0 Å². The van der Waals surface area contributed by atoms with Gasteiger partial charge in [-0.2, -0.15) is 5.10 Å². The second kappa shape index (κ2) is 5.32. The van der Waals surface area contributed by atoms with E-state index in [4.69, 9.17) is 0 Å². The summed E-state index contributed by atoms with van der Waals surface area (Å²) in [5.74, 6) is 0.824. The van der Waals surface area contributed by atoms with Gasteiger partial charge in [-0.1, -0.05) is 30.3 Å². The second-order valence-electron chi connectivity index (χ2n) is 3.15. The highest BCUT2D eigenvalue weighted by molar-refractivity contribution is 9.10. The van der Waals surface area contributed by atoms with E-state index in [1.165, 1.54) is 5.56 Å². The van der Waals surface area contributed by atoms with Crippen LogP contribution in [0.1, 0.15) is 5.56 Å². The molecule has 1 aromatic carbocycles. The lowest BCUT2D eigenvalue weighted by atomic mass is 10.2. The third kappa shape index (κ3) is 2.74. The standard InChI is InChI=1S/C11H9BrN2OS/c12-10-9(6-13-14-11(10)15)16-7-8-4-2-1-3-5-8/h1-6H,7H2,(H,14,15). The molecule has 2 aromatic rings. The highest BCUT2D eigenvalue weighted by Crippen LogP contribution is 2.26. The molecule has 16 heavy (non-hydrogen) atoms. The largest absolute Gasteiger partial charge is 0.279 e. The van der Waals surface area contributed by atoms with Crippen molar-refractivity contribution in [3.8, 4) is 0 Å². The maximum Gasteiger partial charge on any atom is 0.279 e. The summed E-state index contributed by atoms with van der Waals surface area (Å²) >= 11 is 4.83. The number of nitrogens with zero attached hydrogens (tertiary/aromatic N) is 1. The van der Waals surface area contributed by atoms with E-state index in [2.05, 4.69) is 38.3 Å². The van der Waals surface area contributed by atoms with E-state index in [9.17, 15) is 4.79 Å². The minimum Gasteiger partial charge on any atom is -0.267 e. The Labute approximate surface area is 105 Å². The Hall–Kier alpha value is -1.07. The van der Waals surface area contributed by atoms with Gasteiger partial charge in [-0.3, -0.25) is 4.79 Å². The van der Waals surface area contributed by atoms with Gasteiger partial charge in [0.1, 0.15) is 0 Å². The van der Waals surface area contributed by atoms with Crippen LogP contribution in [-0.2, 0) is 5.75 Å². The number of rotatable bonds is 3. The van der Waals surface area contributed by atoms with Crippen molar-refractivity contribution in [2.45, 2.75) is 10.6 Å². The predicted molar refractivity (Wildman–Crippen MR) is 68.6 cm³/mol. The van der Waals surface area contributed by atoms with Crippen LogP contribution in [0.15, 0.2) is 50.7 Å². The van der Waals surface area contributed by atoms with Crippen molar-refractivity contribution < 1.29 is 0 Å². The lowest BCUT2D eigenvalue weighted by Gasteiger charge is -2.02. The van der Waals surface area contributed by atoms with Crippen LogP contribution in [0.3, 0.4) is 0 Å². The van der Waals surface area contributed by atoms with Crippen LogP contribution in [0.5, 0.6) is 0 Å². The average Bonchev–Trinajstić information content (AvgIpc) is 2.32. The zero-order valence-electron chi connectivity index (χ0n) is 8.31. The molecule has 0 saturated carbocycles. The molecule has 0 aliphatic heterocycles. The van der Waals surface area contributed by atoms with Gasteiger partial charge in [0.15, 0.2) is 0 Å². The Kier molecular flexibility index (Phi) is 3.79. The third-order valence-corrected chi connectivity index (χ3v) is 4.15. The number of thioether (sulfide) groups is 1. The van der Waals surface area contributed by atoms with E-state index in [0.29, 0.717) is 4.47 Å². The maximum absolute atomic E-state index is 11.3. The molecule has 0 amide bonds. The Morgan fingerprint density at radius 3 is 2.81 bits per heavy atom. The zero-order valence-corrected chi connectivity index (χ0v) is 10.7. The molecular weight excluding hydrogens is 288 g/mol. The van der Waals surface area contributed by atoms with E-state index in [-0.39, 0.29) is 5.56 Å². The number of H-pyrrole nitrogens is 1. The Bertz CT molecular complexity index is 527. The number of hydrogen-bond donors (Lipinski definition) is 1. The highest BCUT2D eigenvalue weighted by Gasteiger charge is 2.04. The van der Waals surface area contributed by atoms with Gasteiger partial charge in [-0.25, -0.2) is 5.10 Å². The lowest BCUT2D eigenvalue weighted by molar-refractivity contribution is 0.942. The molecule has 0 saturated heterocycles. The molecule has 0 unspecified atom stereocenters. The SMILES string of the molecule is O=c1[nH]ncc(SCc2ccccc2)c1Br. The van der Waals surface area contributed by atoms with Gasteiger partial charge in [0.25, 0.3) is 5.56 Å². The third-order valence-electron chi connectivity index (χ3n) is 2.00. The molecule has 0 spiro atoms. The molecule has 0 atom stereocenters. The van der Waals surface area contributed by atoms with Crippen molar-refractivity contribution in [3.05, 3.63) is 56.9 Å². The zero-order chi connectivity index (χ0) is 11.4. The molecule has 0 fully saturated rings. The summed E-state index contributed by atoms with van der Waals surface area (Å²) in [4.78, 5) is 12.1. The minimum absolute atomic E-state index is 0.196. The van der Waals surface area contributed by atoms with Crippen LogP contribution < -0.4 is 5.56 Å². The van der Waals surface area contributed by atoms with E-state index in [1.54, 1.807) is 18.0 Å². The molecule has 1 N–H and O–H groups in total. The molecule has 5 heteroatoms. The normalized spacial score (nSPS) is 10.3. The van der Waals surface area contributed by atoms with Crippen LogP contribution >= 0.6 is 27.7 Å². The Morgan fingerprint density at radius 2 is 2.06 bits per heavy atom. The lowest BCUT2D eigenvalue weighted by Crippen LogP contribution is -2.08. The van der Waals surface area contributed by atoms with Gasteiger partial charge in [0, 0.05) is 10.6 Å². The summed E-state index contributed by atoms with van der Waals surface area (Å²) in [5.41, 5.74) is 1.03. The fourth-order valence-corrected chi connectivity index (χ4v) is 2.60. The molecule has 0 aliphatic rings. The van der Waals surface area contributed by atoms with Gasteiger partial charge in [0.2, 0.25) is 0 Å². The van der Waals surface area contributed by atoms with Crippen molar-refractivity contribution in [1.29, 1.82) is 0 Å². The minimum atomic E-state index is -0.196. The number of aromatic amines is 1. The molecule has 0 bridgehead atoms. The first-order chi connectivity index (χ1) is 7.77. The number of halogens is 1. The molecule has 82 valence electrons. The summed E-state index contributed by atoms with van der Waals surface area (Å²) in [6.45, 7) is 0. The van der Waals surface area contributed by atoms with Crippen molar-refractivity contribution in [3.63, 3.8) is 0 Å². The van der Waals surface area contributed by atoms with Crippen molar-refractivity contribution in [1.82, 2.24) is 10.2 Å². The van der Waals surface area contributed by atoms with Crippen LogP contribution in [0, 0.1) is 0 Å². The van der Waals surface area contributed by atoms with Gasteiger partial charge < -0.3 is 0 Å². The first-order valence-electron chi connectivity index (χ1n) is 4.67. The number of nitrogens with one attached hydrogen (secondary N) is 1. The van der Waals surface area contributed by atoms with Crippen molar-refractivity contribution >= 4 is 27.7 Å². The van der Waals surface area contributed by atoms with Crippen molar-refractivity contribution in [2.75, 3.05) is 0 Å². The number of aromatic nitrogens is 2. The average molecular weight is 297 g/mol. The fraction of sp³-hybridized carbons (Fsp3) is 0.0909. The monoisotopic (exact) mass is 296 g/mol. The van der Waals surface area contributed by atoms with Crippen LogP contribution in [-0.4, -0.2) is 10.2 Å². The van der Waals surface area contributed by atoms with Gasteiger partial charge >= 0.3 is 0 Å². The summed E-state index contributed by atoms with van der Waals surface area (Å²) < 4.78 is 0.545.